The van der Waals surface area contributed by atoms with E-state index in [9.17, 15) is 14.3 Å². The number of pyridine rings is 1. The first kappa shape index (κ1) is 23.7. The summed E-state index contributed by atoms with van der Waals surface area (Å²) in [6, 6.07) is 8.74. The number of aliphatic hydroxyl groups is 1. The highest BCUT2D eigenvalue weighted by Gasteiger charge is 2.44. The highest BCUT2D eigenvalue weighted by molar-refractivity contribution is 5.77. The Morgan fingerprint density at radius 2 is 2.00 bits per heavy atom. The minimum absolute atomic E-state index is 0.0203. The normalized spacial score (nSPS) is 17.1. The van der Waals surface area contributed by atoms with Gasteiger partial charge in [0.15, 0.2) is 11.5 Å². The van der Waals surface area contributed by atoms with E-state index in [1.165, 1.54) is 34.1 Å². The summed E-state index contributed by atoms with van der Waals surface area (Å²) >= 11 is 0. The van der Waals surface area contributed by atoms with Crippen molar-refractivity contribution in [1.82, 2.24) is 29.6 Å². The van der Waals surface area contributed by atoms with Crippen molar-refractivity contribution in [2.24, 2.45) is 5.92 Å². The summed E-state index contributed by atoms with van der Waals surface area (Å²) in [5.41, 5.74) is 2.09. The van der Waals surface area contributed by atoms with Crippen LogP contribution in [0.15, 0.2) is 41.3 Å². The van der Waals surface area contributed by atoms with Crippen LogP contribution in [0.2, 0.25) is 0 Å². The van der Waals surface area contributed by atoms with Crippen molar-refractivity contribution in [2.75, 3.05) is 11.9 Å². The van der Waals surface area contributed by atoms with Gasteiger partial charge in [-0.25, -0.2) is 23.7 Å². The average Bonchev–Trinajstić information content (AvgIpc) is 3.70. The van der Waals surface area contributed by atoms with Gasteiger partial charge < -0.3 is 15.7 Å². The first-order valence-electron chi connectivity index (χ1n) is 12.7. The van der Waals surface area contributed by atoms with E-state index in [4.69, 9.17) is 4.98 Å². The van der Waals surface area contributed by atoms with Crippen molar-refractivity contribution in [3.8, 4) is 5.82 Å². The summed E-state index contributed by atoms with van der Waals surface area (Å²) in [6.45, 7) is 7.16. The Morgan fingerprint density at radius 1 is 1.19 bits per heavy atom. The highest BCUT2D eigenvalue weighted by Crippen LogP contribution is 2.45. The van der Waals surface area contributed by atoms with Crippen LogP contribution < -0.4 is 16.2 Å². The quantitative estimate of drug-likeness (QED) is 0.368. The van der Waals surface area contributed by atoms with Crippen molar-refractivity contribution < 1.29 is 9.50 Å². The van der Waals surface area contributed by atoms with Crippen molar-refractivity contribution in [1.29, 1.82) is 0 Å². The van der Waals surface area contributed by atoms with Crippen LogP contribution in [-0.2, 0) is 18.6 Å². The SMILES string of the molecule is CC(C)n1c(=O)c2cnc(Nc3ccc4c(c3)CCNC4)nc2n1-c1ccc(F)c(C(C)(O)C2CC2)n1. The lowest BCUT2D eigenvalue weighted by molar-refractivity contribution is 0.0247. The lowest BCUT2D eigenvalue weighted by Gasteiger charge is -2.24. The molecule has 3 aromatic heterocycles. The number of aromatic nitrogens is 5. The Labute approximate surface area is 213 Å². The highest BCUT2D eigenvalue weighted by atomic mass is 19.1. The number of hydrogen-bond acceptors (Lipinski definition) is 7. The maximum atomic E-state index is 14.8. The minimum atomic E-state index is -1.39. The zero-order chi connectivity index (χ0) is 25.9. The van der Waals surface area contributed by atoms with Gasteiger partial charge in [0.2, 0.25) is 5.95 Å². The van der Waals surface area contributed by atoms with Crippen LogP contribution in [0.3, 0.4) is 0 Å². The van der Waals surface area contributed by atoms with E-state index in [0.29, 0.717) is 22.8 Å². The second-order valence-corrected chi connectivity index (χ2v) is 10.4. The molecule has 3 N–H and O–H groups in total. The van der Waals surface area contributed by atoms with Crippen LogP contribution in [0, 0.1) is 11.7 Å². The number of halogens is 1. The molecule has 0 spiro atoms. The maximum Gasteiger partial charge on any atom is 0.278 e. The Balaban J connectivity index is 1.47. The molecule has 0 amide bonds. The Kier molecular flexibility index (Phi) is 5.61. The average molecular weight is 504 g/mol. The smallest absolute Gasteiger partial charge is 0.278 e. The molecule has 1 saturated carbocycles. The molecule has 10 heteroatoms. The molecule has 0 radical (unpaired) electrons. The summed E-state index contributed by atoms with van der Waals surface area (Å²) in [7, 11) is 0. The number of nitrogens with zero attached hydrogens (tertiary/aromatic N) is 5. The van der Waals surface area contributed by atoms with Gasteiger partial charge in [-0.05, 0) is 87.9 Å². The van der Waals surface area contributed by atoms with E-state index in [-0.39, 0.29) is 23.2 Å². The molecule has 4 aromatic rings. The van der Waals surface area contributed by atoms with Gasteiger partial charge in [-0.15, -0.1) is 0 Å². The first-order chi connectivity index (χ1) is 17.7. The van der Waals surface area contributed by atoms with Crippen LogP contribution in [0.4, 0.5) is 16.0 Å². The predicted octanol–water partition coefficient (Wildman–Crippen LogP) is 3.70. The van der Waals surface area contributed by atoms with Crippen LogP contribution in [-0.4, -0.2) is 36.0 Å². The van der Waals surface area contributed by atoms with E-state index < -0.39 is 11.4 Å². The van der Waals surface area contributed by atoms with Crippen molar-refractivity contribution in [3.05, 3.63) is 69.5 Å². The molecular weight excluding hydrogens is 473 g/mol. The van der Waals surface area contributed by atoms with Gasteiger partial charge in [0.1, 0.15) is 22.5 Å². The second-order valence-electron chi connectivity index (χ2n) is 10.4. The molecule has 0 bridgehead atoms. The fourth-order valence-electron chi connectivity index (χ4n) is 5.17. The van der Waals surface area contributed by atoms with Crippen LogP contribution in [0.1, 0.15) is 56.5 Å². The molecule has 2 aliphatic rings. The van der Waals surface area contributed by atoms with Gasteiger partial charge >= 0.3 is 0 Å². The van der Waals surface area contributed by atoms with Gasteiger partial charge in [-0.3, -0.25) is 4.79 Å². The molecule has 192 valence electrons. The lowest BCUT2D eigenvalue weighted by atomic mass is 9.95. The van der Waals surface area contributed by atoms with Crippen LogP contribution >= 0.6 is 0 Å². The standard InChI is InChI=1S/C27H30FN7O2/c1-15(2)34-25(36)20-14-30-26(31-19-7-4-17-13-29-11-10-16(17)12-19)33-24(20)35(34)22-9-8-21(28)23(32-22)27(3,37)18-5-6-18/h4,7-9,12,14-15,18,29,37H,5-6,10-11,13H2,1-3H3,(H,30,31,33). The fraction of sp³-hybridized carbons (Fsp3) is 0.407. The van der Waals surface area contributed by atoms with Gasteiger partial charge in [0.05, 0.1) is 0 Å². The zero-order valence-corrected chi connectivity index (χ0v) is 21.1. The minimum Gasteiger partial charge on any atom is -0.383 e. The van der Waals surface area contributed by atoms with Crippen LogP contribution in [0.5, 0.6) is 0 Å². The predicted molar refractivity (Wildman–Crippen MR) is 139 cm³/mol. The summed E-state index contributed by atoms with van der Waals surface area (Å²) in [4.78, 5) is 27.0. The monoisotopic (exact) mass is 503 g/mol. The van der Waals surface area contributed by atoms with Crippen LogP contribution in [0.25, 0.3) is 16.9 Å². The molecule has 37 heavy (non-hydrogen) atoms. The summed E-state index contributed by atoms with van der Waals surface area (Å²) in [6.07, 6.45) is 4.10. The molecule has 1 aliphatic heterocycles. The molecule has 0 saturated heterocycles. The molecule has 6 rings (SSSR count). The Bertz CT molecular complexity index is 1570. The van der Waals surface area contributed by atoms with E-state index in [2.05, 4.69) is 32.7 Å². The molecule has 4 heterocycles. The number of benzene rings is 1. The van der Waals surface area contributed by atoms with E-state index in [1.54, 1.807) is 11.6 Å². The van der Waals surface area contributed by atoms with Gasteiger partial charge in [-0.1, -0.05) is 6.07 Å². The first-order valence-corrected chi connectivity index (χ1v) is 12.7. The zero-order valence-electron chi connectivity index (χ0n) is 21.1. The lowest BCUT2D eigenvalue weighted by Crippen LogP contribution is -2.29. The third-order valence-corrected chi connectivity index (χ3v) is 7.36. The molecule has 1 fully saturated rings. The molecule has 1 unspecified atom stereocenters. The molecule has 9 nitrogen and oxygen atoms in total. The number of rotatable bonds is 6. The number of hydrogen-bond donors (Lipinski definition) is 3. The summed E-state index contributed by atoms with van der Waals surface area (Å²) < 4.78 is 18.0. The third-order valence-electron chi connectivity index (χ3n) is 7.36. The van der Waals surface area contributed by atoms with E-state index >= 15 is 0 Å². The second kappa shape index (κ2) is 8.74. The Hall–Kier alpha value is -3.63. The van der Waals surface area contributed by atoms with E-state index in [0.717, 1.165) is 38.0 Å². The largest absolute Gasteiger partial charge is 0.383 e. The van der Waals surface area contributed by atoms with Crippen molar-refractivity contribution >= 4 is 22.7 Å². The third kappa shape index (κ3) is 4.10. The molecule has 1 aromatic carbocycles. The molecule has 1 aliphatic carbocycles. The van der Waals surface area contributed by atoms with Crippen molar-refractivity contribution in [2.45, 2.75) is 58.2 Å². The van der Waals surface area contributed by atoms with Gasteiger partial charge in [0.25, 0.3) is 5.56 Å². The maximum absolute atomic E-state index is 14.8. The van der Waals surface area contributed by atoms with E-state index in [1.807, 2.05) is 19.9 Å². The fourth-order valence-corrected chi connectivity index (χ4v) is 5.17. The summed E-state index contributed by atoms with van der Waals surface area (Å²) in [5.74, 6) is 0.0338. The summed E-state index contributed by atoms with van der Waals surface area (Å²) in [5, 5.41) is 18.0. The van der Waals surface area contributed by atoms with Gasteiger partial charge in [-0.2, -0.15) is 4.98 Å². The number of nitrogens with one attached hydrogen (secondary N) is 2. The topological polar surface area (TPSA) is 110 Å². The molecular formula is C27H30FN7O2. The molecule has 1 atom stereocenters. The van der Waals surface area contributed by atoms with Gasteiger partial charge in [0, 0.05) is 24.5 Å². The Morgan fingerprint density at radius 3 is 2.76 bits per heavy atom. The number of anilines is 2. The van der Waals surface area contributed by atoms with Crippen molar-refractivity contribution in [3.63, 3.8) is 0 Å². The number of fused-ring (bicyclic) bond motifs is 2.